The molecule has 106 valence electrons. The summed E-state index contributed by atoms with van der Waals surface area (Å²) < 4.78 is 0. The minimum absolute atomic E-state index is 0.627. The van der Waals surface area contributed by atoms with Gasteiger partial charge in [0, 0.05) is 37.8 Å². The average molecular weight is 253 g/mol. The molecule has 18 heavy (non-hydrogen) atoms. The molecule has 0 aromatic heterocycles. The molecule has 3 nitrogen and oxygen atoms in total. The van der Waals surface area contributed by atoms with Crippen molar-refractivity contribution in [3.63, 3.8) is 0 Å². The van der Waals surface area contributed by atoms with E-state index in [1.807, 2.05) is 0 Å². The van der Waals surface area contributed by atoms with Crippen LogP contribution in [0.3, 0.4) is 0 Å². The third-order valence-corrected chi connectivity index (χ3v) is 4.57. The van der Waals surface area contributed by atoms with Crippen LogP contribution < -0.4 is 5.32 Å². The predicted octanol–water partition coefficient (Wildman–Crippen LogP) is 1.93. The zero-order valence-corrected chi connectivity index (χ0v) is 12.5. The van der Waals surface area contributed by atoms with Gasteiger partial charge in [-0.2, -0.15) is 0 Å². The van der Waals surface area contributed by atoms with E-state index in [9.17, 15) is 0 Å². The van der Waals surface area contributed by atoms with Crippen LogP contribution in [0.5, 0.6) is 0 Å². The quantitative estimate of drug-likeness (QED) is 0.808. The SMILES string of the molecule is CCCNC(C)CN1CC2CCCCN2CC1C. The normalized spacial score (nSPS) is 32.2. The molecule has 3 heteroatoms. The summed E-state index contributed by atoms with van der Waals surface area (Å²) in [4.78, 5) is 5.44. The number of fused-ring (bicyclic) bond motifs is 1. The molecule has 0 aromatic rings. The van der Waals surface area contributed by atoms with E-state index in [2.05, 4.69) is 35.9 Å². The standard InChI is InChI=1S/C15H31N3/c1-4-8-16-13(2)10-18-12-15-7-5-6-9-17(15)11-14(18)3/h13-16H,4-12H2,1-3H3. The minimum atomic E-state index is 0.627. The number of nitrogens with zero attached hydrogens (tertiary/aromatic N) is 2. The zero-order valence-electron chi connectivity index (χ0n) is 12.5. The van der Waals surface area contributed by atoms with Gasteiger partial charge in [-0.3, -0.25) is 9.80 Å². The van der Waals surface area contributed by atoms with Gasteiger partial charge in [-0.15, -0.1) is 0 Å². The molecular weight excluding hydrogens is 222 g/mol. The van der Waals surface area contributed by atoms with Crippen molar-refractivity contribution in [2.45, 2.75) is 64.6 Å². The summed E-state index contributed by atoms with van der Waals surface area (Å²) in [6.45, 7) is 13.2. The number of nitrogens with one attached hydrogen (secondary N) is 1. The Kier molecular flexibility index (Phi) is 5.46. The van der Waals surface area contributed by atoms with Crippen LogP contribution in [-0.2, 0) is 0 Å². The van der Waals surface area contributed by atoms with E-state index in [1.165, 1.54) is 51.9 Å². The fourth-order valence-electron chi connectivity index (χ4n) is 3.47. The van der Waals surface area contributed by atoms with E-state index in [-0.39, 0.29) is 0 Å². The largest absolute Gasteiger partial charge is 0.313 e. The maximum absolute atomic E-state index is 3.62. The summed E-state index contributed by atoms with van der Waals surface area (Å²) in [5, 5.41) is 3.62. The van der Waals surface area contributed by atoms with Crippen molar-refractivity contribution >= 4 is 0 Å². The molecule has 2 heterocycles. The summed E-state index contributed by atoms with van der Waals surface area (Å²) in [7, 11) is 0. The molecule has 1 N–H and O–H groups in total. The van der Waals surface area contributed by atoms with Crippen LogP contribution in [0, 0.1) is 0 Å². The maximum atomic E-state index is 3.62. The Balaban J connectivity index is 1.81. The second-order valence-corrected chi connectivity index (χ2v) is 6.30. The van der Waals surface area contributed by atoms with Gasteiger partial charge < -0.3 is 5.32 Å². The Morgan fingerprint density at radius 1 is 1.28 bits per heavy atom. The average Bonchev–Trinajstić information content (AvgIpc) is 2.37. The van der Waals surface area contributed by atoms with E-state index in [4.69, 9.17) is 0 Å². The van der Waals surface area contributed by atoms with Crippen LogP contribution in [0.4, 0.5) is 0 Å². The highest BCUT2D eigenvalue weighted by Gasteiger charge is 2.33. The second-order valence-electron chi connectivity index (χ2n) is 6.30. The lowest BCUT2D eigenvalue weighted by Gasteiger charge is -2.48. The molecule has 0 amide bonds. The number of rotatable bonds is 5. The number of hydrogen-bond acceptors (Lipinski definition) is 3. The summed E-state index contributed by atoms with van der Waals surface area (Å²) in [6, 6.07) is 2.20. The smallest absolute Gasteiger partial charge is 0.0223 e. The minimum Gasteiger partial charge on any atom is -0.313 e. The molecule has 2 saturated heterocycles. The Labute approximate surface area is 113 Å². The van der Waals surface area contributed by atoms with Crippen LogP contribution >= 0.6 is 0 Å². The van der Waals surface area contributed by atoms with Gasteiger partial charge >= 0.3 is 0 Å². The first-order chi connectivity index (χ1) is 8.70. The molecule has 2 aliphatic rings. The van der Waals surface area contributed by atoms with E-state index in [0.717, 1.165) is 18.6 Å². The van der Waals surface area contributed by atoms with Gasteiger partial charge in [0.1, 0.15) is 0 Å². The Morgan fingerprint density at radius 3 is 2.89 bits per heavy atom. The lowest BCUT2D eigenvalue weighted by atomic mass is 9.97. The molecule has 0 radical (unpaired) electrons. The van der Waals surface area contributed by atoms with Gasteiger partial charge in [0.25, 0.3) is 0 Å². The topological polar surface area (TPSA) is 18.5 Å². The van der Waals surface area contributed by atoms with Crippen molar-refractivity contribution in [1.82, 2.24) is 15.1 Å². The third-order valence-electron chi connectivity index (χ3n) is 4.57. The van der Waals surface area contributed by atoms with Crippen LogP contribution in [0.15, 0.2) is 0 Å². The van der Waals surface area contributed by atoms with Gasteiger partial charge in [-0.1, -0.05) is 13.3 Å². The molecule has 2 aliphatic heterocycles. The summed E-state index contributed by atoms with van der Waals surface area (Å²) >= 11 is 0. The fraction of sp³-hybridized carbons (Fsp3) is 1.00. The second kappa shape index (κ2) is 6.88. The highest BCUT2D eigenvalue weighted by Crippen LogP contribution is 2.23. The van der Waals surface area contributed by atoms with Crippen molar-refractivity contribution in [3.8, 4) is 0 Å². The molecule has 2 fully saturated rings. The van der Waals surface area contributed by atoms with Crippen molar-refractivity contribution in [3.05, 3.63) is 0 Å². The molecule has 0 saturated carbocycles. The van der Waals surface area contributed by atoms with Crippen LogP contribution in [0.1, 0.15) is 46.5 Å². The number of hydrogen-bond donors (Lipinski definition) is 1. The molecule has 0 aliphatic carbocycles. The van der Waals surface area contributed by atoms with E-state index in [0.29, 0.717) is 6.04 Å². The highest BCUT2D eigenvalue weighted by atomic mass is 15.3. The molecular formula is C15H31N3. The number of piperazine rings is 1. The molecule has 0 bridgehead atoms. The van der Waals surface area contributed by atoms with E-state index >= 15 is 0 Å². The van der Waals surface area contributed by atoms with Gasteiger partial charge in [-0.25, -0.2) is 0 Å². The fourth-order valence-corrected chi connectivity index (χ4v) is 3.47. The van der Waals surface area contributed by atoms with Gasteiger partial charge in [0.2, 0.25) is 0 Å². The lowest BCUT2D eigenvalue weighted by Crippen LogP contribution is -2.60. The first-order valence-electron chi connectivity index (χ1n) is 7.92. The first kappa shape index (κ1) is 14.3. The van der Waals surface area contributed by atoms with Gasteiger partial charge in [0.05, 0.1) is 0 Å². The number of piperidine rings is 1. The molecule has 3 atom stereocenters. The third kappa shape index (κ3) is 3.69. The lowest BCUT2D eigenvalue weighted by molar-refractivity contribution is 0.0117. The first-order valence-corrected chi connectivity index (χ1v) is 7.92. The van der Waals surface area contributed by atoms with Crippen molar-refractivity contribution < 1.29 is 0 Å². The summed E-state index contributed by atoms with van der Waals surface area (Å²) in [6.07, 6.45) is 5.50. The zero-order chi connectivity index (χ0) is 13.0. The van der Waals surface area contributed by atoms with Crippen molar-refractivity contribution in [2.24, 2.45) is 0 Å². The van der Waals surface area contributed by atoms with E-state index < -0.39 is 0 Å². The summed E-state index contributed by atoms with van der Waals surface area (Å²) in [5.74, 6) is 0. The van der Waals surface area contributed by atoms with Gasteiger partial charge in [-0.05, 0) is 46.2 Å². The molecule has 3 unspecified atom stereocenters. The maximum Gasteiger partial charge on any atom is 0.0223 e. The van der Waals surface area contributed by atoms with E-state index in [1.54, 1.807) is 0 Å². The van der Waals surface area contributed by atoms with Crippen LogP contribution in [0.25, 0.3) is 0 Å². The van der Waals surface area contributed by atoms with Crippen LogP contribution in [0.2, 0.25) is 0 Å². The summed E-state index contributed by atoms with van der Waals surface area (Å²) in [5.41, 5.74) is 0. The Bertz CT molecular complexity index is 244. The molecule has 0 aromatic carbocycles. The van der Waals surface area contributed by atoms with Crippen LogP contribution in [-0.4, -0.2) is 60.6 Å². The van der Waals surface area contributed by atoms with Crippen molar-refractivity contribution in [2.75, 3.05) is 32.7 Å². The molecule has 2 rings (SSSR count). The Morgan fingerprint density at radius 2 is 2.11 bits per heavy atom. The monoisotopic (exact) mass is 253 g/mol. The molecule has 0 spiro atoms. The highest BCUT2D eigenvalue weighted by molar-refractivity contribution is 4.90. The predicted molar refractivity (Wildman–Crippen MR) is 78.0 cm³/mol. The Hall–Kier alpha value is -0.120. The van der Waals surface area contributed by atoms with Gasteiger partial charge in [0.15, 0.2) is 0 Å². The van der Waals surface area contributed by atoms with Crippen molar-refractivity contribution in [1.29, 1.82) is 0 Å².